The Kier molecular flexibility index (Phi) is 7.17. The van der Waals surface area contributed by atoms with E-state index in [2.05, 4.69) is 29.7 Å². The number of carbonyl (C=O) groups is 2. The van der Waals surface area contributed by atoms with E-state index in [-0.39, 0.29) is 17.7 Å². The second-order valence-electron chi connectivity index (χ2n) is 7.14. The second-order valence-corrected chi connectivity index (χ2v) is 7.14. The van der Waals surface area contributed by atoms with E-state index < -0.39 is 6.04 Å². The van der Waals surface area contributed by atoms with Gasteiger partial charge in [0, 0.05) is 18.5 Å². The zero-order valence-corrected chi connectivity index (χ0v) is 16.5. The fourth-order valence-corrected chi connectivity index (χ4v) is 3.17. The van der Waals surface area contributed by atoms with E-state index in [1.54, 1.807) is 12.1 Å². The highest BCUT2D eigenvalue weighted by Gasteiger charge is 2.22. The van der Waals surface area contributed by atoms with Crippen LogP contribution in [0.2, 0.25) is 0 Å². The van der Waals surface area contributed by atoms with Crippen molar-refractivity contribution in [3.63, 3.8) is 0 Å². The van der Waals surface area contributed by atoms with Gasteiger partial charge in [0.25, 0.3) is 5.91 Å². The minimum atomic E-state index is -0.645. The predicted octanol–water partition coefficient (Wildman–Crippen LogP) is 3.95. The van der Waals surface area contributed by atoms with Crippen molar-refractivity contribution in [1.82, 2.24) is 10.6 Å². The normalized spacial score (nSPS) is 12.6. The molecule has 0 aliphatic rings. The van der Waals surface area contributed by atoms with Crippen LogP contribution in [0.5, 0.6) is 0 Å². The number of nitrogens with one attached hydrogen (secondary N) is 2. The molecule has 0 spiro atoms. The molecule has 0 fully saturated rings. The van der Waals surface area contributed by atoms with Crippen molar-refractivity contribution >= 4 is 11.8 Å². The first-order valence-corrected chi connectivity index (χ1v) is 9.86. The van der Waals surface area contributed by atoms with Crippen LogP contribution < -0.4 is 10.6 Å². The fraction of sp³-hybridized carbons (Fsp3) is 0.200. The largest absolute Gasteiger partial charge is 0.354 e. The highest BCUT2D eigenvalue weighted by molar-refractivity contribution is 5.97. The molecular weight excluding hydrogens is 360 g/mol. The Morgan fingerprint density at radius 2 is 1.34 bits per heavy atom. The first kappa shape index (κ1) is 20.3. The van der Waals surface area contributed by atoms with Gasteiger partial charge in [0.1, 0.15) is 6.04 Å². The first-order valence-electron chi connectivity index (χ1n) is 9.86. The van der Waals surface area contributed by atoms with Crippen LogP contribution in [-0.2, 0) is 11.2 Å². The monoisotopic (exact) mass is 386 g/mol. The van der Waals surface area contributed by atoms with Crippen molar-refractivity contribution in [2.45, 2.75) is 25.3 Å². The molecule has 0 saturated carbocycles. The Bertz CT molecular complexity index is 911. The summed E-state index contributed by atoms with van der Waals surface area (Å²) in [5.41, 5.74) is 2.70. The maximum atomic E-state index is 12.9. The lowest BCUT2D eigenvalue weighted by Gasteiger charge is -2.20. The van der Waals surface area contributed by atoms with E-state index in [0.717, 1.165) is 5.56 Å². The summed E-state index contributed by atoms with van der Waals surface area (Å²) >= 11 is 0. The molecule has 0 bridgehead atoms. The zero-order valence-electron chi connectivity index (χ0n) is 16.5. The molecule has 0 radical (unpaired) electrons. The van der Waals surface area contributed by atoms with Crippen LogP contribution in [0.3, 0.4) is 0 Å². The van der Waals surface area contributed by atoms with Gasteiger partial charge in [-0.2, -0.15) is 0 Å². The van der Waals surface area contributed by atoms with Gasteiger partial charge in [0.05, 0.1) is 0 Å². The van der Waals surface area contributed by atoms with Crippen LogP contribution in [0.4, 0.5) is 0 Å². The van der Waals surface area contributed by atoms with Crippen LogP contribution in [0.25, 0.3) is 0 Å². The fourth-order valence-electron chi connectivity index (χ4n) is 3.17. The molecule has 3 aromatic carbocycles. The molecule has 29 heavy (non-hydrogen) atoms. The Morgan fingerprint density at radius 1 is 0.793 bits per heavy atom. The summed E-state index contributed by atoms with van der Waals surface area (Å²) in [5, 5.41) is 5.90. The summed E-state index contributed by atoms with van der Waals surface area (Å²) in [6, 6.07) is 28.1. The molecule has 0 aliphatic heterocycles. The first-order chi connectivity index (χ1) is 14.1. The van der Waals surface area contributed by atoms with E-state index in [1.807, 2.05) is 66.7 Å². The standard InChI is InChI=1S/C25H26N2O2/c1-19(21-13-7-3-8-14-21)18-26-25(29)23(17-20-11-5-2-6-12-20)27-24(28)22-15-9-4-10-16-22/h2-16,19,23H,17-18H2,1H3,(H,26,29)(H,27,28)/t19-,23-/m1/s1. The summed E-state index contributed by atoms with van der Waals surface area (Å²) in [6.45, 7) is 2.58. The van der Waals surface area contributed by atoms with Crippen molar-refractivity contribution in [1.29, 1.82) is 0 Å². The molecule has 3 aromatic rings. The average molecular weight is 386 g/mol. The predicted molar refractivity (Wildman–Crippen MR) is 116 cm³/mol. The molecule has 0 heterocycles. The van der Waals surface area contributed by atoms with Gasteiger partial charge in [-0.15, -0.1) is 0 Å². The lowest BCUT2D eigenvalue weighted by Crippen LogP contribution is -2.48. The minimum absolute atomic E-state index is 0.180. The third-order valence-corrected chi connectivity index (χ3v) is 4.89. The summed E-state index contributed by atoms with van der Waals surface area (Å²) < 4.78 is 0. The van der Waals surface area contributed by atoms with Crippen molar-refractivity contribution in [2.75, 3.05) is 6.54 Å². The summed E-state index contributed by atoms with van der Waals surface area (Å²) in [6.07, 6.45) is 0.435. The topological polar surface area (TPSA) is 58.2 Å². The van der Waals surface area contributed by atoms with Crippen molar-refractivity contribution in [3.05, 3.63) is 108 Å². The van der Waals surface area contributed by atoms with E-state index in [1.165, 1.54) is 5.56 Å². The Hall–Kier alpha value is -3.40. The second kappa shape index (κ2) is 10.2. The van der Waals surface area contributed by atoms with E-state index in [9.17, 15) is 9.59 Å². The van der Waals surface area contributed by atoms with Crippen LogP contribution in [-0.4, -0.2) is 24.4 Å². The van der Waals surface area contributed by atoms with Gasteiger partial charge in [-0.3, -0.25) is 9.59 Å². The number of benzene rings is 3. The van der Waals surface area contributed by atoms with Crippen molar-refractivity contribution in [2.24, 2.45) is 0 Å². The van der Waals surface area contributed by atoms with Crippen molar-refractivity contribution in [3.8, 4) is 0 Å². The summed E-state index contributed by atoms with van der Waals surface area (Å²) in [5.74, 6) is -0.249. The average Bonchev–Trinajstić information content (AvgIpc) is 2.78. The maximum Gasteiger partial charge on any atom is 0.251 e. The highest BCUT2D eigenvalue weighted by Crippen LogP contribution is 2.13. The SMILES string of the molecule is C[C@H](CNC(=O)[C@@H](Cc1ccccc1)NC(=O)c1ccccc1)c1ccccc1. The highest BCUT2D eigenvalue weighted by atomic mass is 16.2. The van der Waals surface area contributed by atoms with Gasteiger partial charge in [-0.25, -0.2) is 0 Å². The molecule has 0 aromatic heterocycles. The number of hydrogen-bond acceptors (Lipinski definition) is 2. The van der Waals surface area contributed by atoms with E-state index in [4.69, 9.17) is 0 Å². The molecule has 0 saturated heterocycles. The Morgan fingerprint density at radius 3 is 1.97 bits per heavy atom. The van der Waals surface area contributed by atoms with Crippen LogP contribution in [0.1, 0.15) is 34.3 Å². The number of hydrogen-bond donors (Lipinski definition) is 2. The van der Waals surface area contributed by atoms with Crippen LogP contribution >= 0.6 is 0 Å². The van der Waals surface area contributed by atoms with Gasteiger partial charge in [-0.05, 0) is 29.2 Å². The third kappa shape index (κ3) is 6.04. The molecular formula is C25H26N2O2. The Balaban J connectivity index is 1.68. The minimum Gasteiger partial charge on any atom is -0.354 e. The van der Waals surface area contributed by atoms with E-state index in [0.29, 0.717) is 18.5 Å². The smallest absolute Gasteiger partial charge is 0.251 e. The Labute approximate surface area is 172 Å². The number of carbonyl (C=O) groups excluding carboxylic acids is 2. The molecule has 0 aliphatic carbocycles. The molecule has 4 nitrogen and oxygen atoms in total. The molecule has 2 atom stereocenters. The van der Waals surface area contributed by atoms with Gasteiger partial charge in [0.2, 0.25) is 5.91 Å². The van der Waals surface area contributed by atoms with Gasteiger partial charge in [0.15, 0.2) is 0 Å². The maximum absolute atomic E-state index is 12.9. The molecule has 2 N–H and O–H groups in total. The third-order valence-electron chi connectivity index (χ3n) is 4.89. The quantitative estimate of drug-likeness (QED) is 0.616. The van der Waals surface area contributed by atoms with Crippen LogP contribution in [0.15, 0.2) is 91.0 Å². The zero-order chi connectivity index (χ0) is 20.5. The molecule has 0 unspecified atom stereocenters. The number of amides is 2. The van der Waals surface area contributed by atoms with Crippen LogP contribution in [0, 0.1) is 0 Å². The van der Waals surface area contributed by atoms with Gasteiger partial charge in [-0.1, -0.05) is 85.8 Å². The molecule has 2 amide bonds. The van der Waals surface area contributed by atoms with Crippen molar-refractivity contribution < 1.29 is 9.59 Å². The molecule has 148 valence electrons. The molecule has 3 rings (SSSR count). The van der Waals surface area contributed by atoms with Gasteiger partial charge < -0.3 is 10.6 Å². The number of rotatable bonds is 8. The summed E-state index contributed by atoms with van der Waals surface area (Å²) in [4.78, 5) is 25.5. The summed E-state index contributed by atoms with van der Waals surface area (Å²) in [7, 11) is 0. The lowest BCUT2D eigenvalue weighted by atomic mass is 10.0. The van der Waals surface area contributed by atoms with E-state index >= 15 is 0 Å². The van der Waals surface area contributed by atoms with Gasteiger partial charge >= 0.3 is 0 Å². The lowest BCUT2D eigenvalue weighted by molar-refractivity contribution is -0.123. The molecule has 4 heteroatoms.